The summed E-state index contributed by atoms with van der Waals surface area (Å²) in [7, 11) is 1.55. The second kappa shape index (κ2) is 43.0. The van der Waals surface area contributed by atoms with Gasteiger partial charge in [0.1, 0.15) is 13.2 Å². The highest BCUT2D eigenvalue weighted by molar-refractivity contribution is 7.47. The minimum absolute atomic E-state index is 0.0548. The molecule has 8 nitrogen and oxygen atoms in total. The summed E-state index contributed by atoms with van der Waals surface area (Å²) < 4.78 is 23.6. The minimum atomic E-state index is -4.35. The van der Waals surface area contributed by atoms with E-state index in [4.69, 9.17) is 9.05 Å². The van der Waals surface area contributed by atoms with Crippen LogP contribution in [0.25, 0.3) is 0 Å². The fourth-order valence-electron chi connectivity index (χ4n) is 7.29. The average Bonchev–Trinajstić information content (AvgIpc) is 3.20. The third kappa shape index (κ3) is 44.8. The van der Waals surface area contributed by atoms with Crippen molar-refractivity contribution in [3.8, 4) is 0 Å². The number of phosphoric acid groups is 1. The van der Waals surface area contributed by atoms with Gasteiger partial charge in [-0.05, 0) is 57.8 Å². The van der Waals surface area contributed by atoms with Crippen LogP contribution in [0.1, 0.15) is 232 Å². The lowest BCUT2D eigenvalue weighted by Gasteiger charge is -2.25. The van der Waals surface area contributed by atoms with Gasteiger partial charge >= 0.3 is 7.82 Å². The van der Waals surface area contributed by atoms with Crippen molar-refractivity contribution in [2.45, 2.75) is 244 Å². The Balaban J connectivity index is 4.35. The lowest BCUT2D eigenvalue weighted by Crippen LogP contribution is -2.45. The van der Waals surface area contributed by atoms with E-state index in [-0.39, 0.29) is 19.1 Å². The molecule has 3 unspecified atom stereocenters. The molecule has 0 rings (SSSR count). The van der Waals surface area contributed by atoms with Crippen molar-refractivity contribution in [2.24, 2.45) is 0 Å². The third-order valence-electron chi connectivity index (χ3n) is 11.3. The predicted molar refractivity (Wildman–Crippen MR) is 258 cm³/mol. The molecule has 0 spiro atoms. The van der Waals surface area contributed by atoms with Crippen LogP contribution in [-0.2, 0) is 18.4 Å². The molecule has 0 aliphatic rings. The molecule has 0 aromatic carbocycles. The van der Waals surface area contributed by atoms with Gasteiger partial charge in [-0.25, -0.2) is 4.57 Å². The maximum Gasteiger partial charge on any atom is 0.472 e. The van der Waals surface area contributed by atoms with Crippen molar-refractivity contribution in [3.05, 3.63) is 36.5 Å². The summed E-state index contributed by atoms with van der Waals surface area (Å²) in [6, 6.07) is -0.866. The number of aliphatic hydroxyl groups excluding tert-OH is 1. The van der Waals surface area contributed by atoms with Crippen molar-refractivity contribution >= 4 is 13.7 Å². The second-order valence-corrected chi connectivity index (χ2v) is 20.0. The van der Waals surface area contributed by atoms with E-state index >= 15 is 0 Å². The first-order valence-electron chi connectivity index (χ1n) is 25.4. The maximum atomic E-state index is 12.9. The number of nitrogens with zero attached hydrogens (tertiary/aromatic N) is 1. The van der Waals surface area contributed by atoms with Gasteiger partial charge in [0.05, 0.1) is 39.9 Å². The van der Waals surface area contributed by atoms with Crippen LogP contribution in [0.15, 0.2) is 36.5 Å². The van der Waals surface area contributed by atoms with Crippen LogP contribution in [0.4, 0.5) is 0 Å². The van der Waals surface area contributed by atoms with Gasteiger partial charge in [-0.15, -0.1) is 0 Å². The fraction of sp³-hybridized carbons (Fsp3) is 0.863. The lowest BCUT2D eigenvalue weighted by molar-refractivity contribution is -0.870. The Morgan fingerprint density at radius 3 is 1.33 bits per heavy atom. The molecular formula is C51H100N2O6P+. The van der Waals surface area contributed by atoms with E-state index in [1.165, 1.54) is 161 Å². The number of carbonyl (C=O) groups is 1. The summed E-state index contributed by atoms with van der Waals surface area (Å²) in [5.41, 5.74) is 0. The van der Waals surface area contributed by atoms with Gasteiger partial charge in [-0.3, -0.25) is 13.8 Å². The van der Waals surface area contributed by atoms with E-state index in [1.807, 2.05) is 27.2 Å². The van der Waals surface area contributed by atoms with Crippen molar-refractivity contribution in [1.82, 2.24) is 5.32 Å². The Bertz CT molecular complexity index is 1070. The Morgan fingerprint density at radius 2 is 0.917 bits per heavy atom. The normalized spacial score (nSPS) is 14.4. The number of unbranched alkanes of at least 4 members (excludes halogenated alkanes) is 29. The summed E-state index contributed by atoms with van der Waals surface area (Å²) in [4.78, 5) is 23.2. The molecule has 0 radical (unpaired) electrons. The summed E-state index contributed by atoms with van der Waals surface area (Å²) in [6.07, 6.45) is 53.7. The SMILES string of the molecule is CCCCCCCC/C=C\CCCCCCCC(=O)NC(COP(=O)(O)OCC[N+](C)(C)C)C(O)/C=C/CC/C=C/CCCCCCCCCCCCCCCCCCC. The van der Waals surface area contributed by atoms with E-state index in [1.54, 1.807) is 6.08 Å². The van der Waals surface area contributed by atoms with Crippen molar-refractivity contribution in [2.75, 3.05) is 40.9 Å². The Labute approximate surface area is 372 Å². The molecule has 3 atom stereocenters. The number of hydrogen-bond donors (Lipinski definition) is 3. The van der Waals surface area contributed by atoms with Crippen LogP contribution in [0, 0.1) is 0 Å². The largest absolute Gasteiger partial charge is 0.472 e. The lowest BCUT2D eigenvalue weighted by atomic mass is 10.0. The Morgan fingerprint density at radius 1 is 0.550 bits per heavy atom. The van der Waals surface area contributed by atoms with Gasteiger partial charge in [-0.2, -0.15) is 0 Å². The first-order valence-corrected chi connectivity index (χ1v) is 26.9. The molecule has 0 aliphatic carbocycles. The van der Waals surface area contributed by atoms with E-state index in [0.29, 0.717) is 17.4 Å². The van der Waals surface area contributed by atoms with Crippen LogP contribution in [-0.4, -0.2) is 73.4 Å². The zero-order chi connectivity index (χ0) is 44.3. The Kier molecular flexibility index (Phi) is 42.1. The number of rotatable bonds is 46. The van der Waals surface area contributed by atoms with Crippen molar-refractivity contribution in [3.63, 3.8) is 0 Å². The number of hydrogen-bond acceptors (Lipinski definition) is 5. The van der Waals surface area contributed by atoms with Crippen molar-refractivity contribution < 1.29 is 32.9 Å². The van der Waals surface area contributed by atoms with Gasteiger partial charge < -0.3 is 19.8 Å². The topological polar surface area (TPSA) is 105 Å². The van der Waals surface area contributed by atoms with E-state index in [9.17, 15) is 19.4 Å². The highest BCUT2D eigenvalue weighted by atomic mass is 31.2. The van der Waals surface area contributed by atoms with Crippen LogP contribution in [0.3, 0.4) is 0 Å². The van der Waals surface area contributed by atoms with E-state index < -0.39 is 20.0 Å². The first-order chi connectivity index (χ1) is 29.0. The summed E-state index contributed by atoms with van der Waals surface area (Å²) in [5, 5.41) is 13.8. The molecule has 0 aromatic rings. The van der Waals surface area contributed by atoms with Crippen LogP contribution in [0.5, 0.6) is 0 Å². The molecule has 0 fully saturated rings. The predicted octanol–water partition coefficient (Wildman–Crippen LogP) is 14.6. The molecule has 354 valence electrons. The van der Waals surface area contributed by atoms with Gasteiger partial charge in [0.2, 0.25) is 5.91 Å². The van der Waals surface area contributed by atoms with Gasteiger partial charge in [-0.1, -0.05) is 204 Å². The molecule has 3 N–H and O–H groups in total. The van der Waals surface area contributed by atoms with Gasteiger partial charge in [0.15, 0.2) is 0 Å². The summed E-state index contributed by atoms with van der Waals surface area (Å²) in [5.74, 6) is -0.195. The zero-order valence-corrected chi connectivity index (χ0v) is 41.1. The average molecular weight is 868 g/mol. The third-order valence-corrected chi connectivity index (χ3v) is 12.3. The van der Waals surface area contributed by atoms with Gasteiger partial charge in [0.25, 0.3) is 0 Å². The monoisotopic (exact) mass is 868 g/mol. The second-order valence-electron chi connectivity index (χ2n) is 18.5. The molecule has 0 saturated heterocycles. The van der Waals surface area contributed by atoms with E-state index in [2.05, 4.69) is 43.5 Å². The van der Waals surface area contributed by atoms with E-state index in [0.717, 1.165) is 51.4 Å². The van der Waals surface area contributed by atoms with Crippen LogP contribution >= 0.6 is 7.82 Å². The molecule has 0 saturated carbocycles. The number of phosphoric ester groups is 1. The highest BCUT2D eigenvalue weighted by Crippen LogP contribution is 2.43. The number of nitrogens with one attached hydrogen (secondary N) is 1. The number of allylic oxidation sites excluding steroid dienone is 5. The maximum absolute atomic E-state index is 12.9. The number of carbonyl (C=O) groups excluding carboxylic acids is 1. The van der Waals surface area contributed by atoms with Crippen molar-refractivity contribution in [1.29, 1.82) is 0 Å². The molecule has 0 aromatic heterocycles. The molecule has 0 aliphatic heterocycles. The first kappa shape index (κ1) is 58.7. The minimum Gasteiger partial charge on any atom is -0.387 e. The standard InChI is InChI=1S/C51H99N2O6P/c1-6-8-10-12-14-16-18-20-22-23-24-25-26-27-28-29-31-32-34-36-38-40-42-44-50(54)49(48-59-60(56,57)58-47-46-53(3,4)5)52-51(55)45-43-41-39-37-35-33-30-21-19-17-15-13-11-9-7-2/h21,30,34,36,42,44,49-50,54H,6-20,22-29,31-33,35,37-41,43,45-48H2,1-5H3,(H-,52,55,56,57)/p+1/b30-21-,36-34+,44-42+. The molecule has 1 amide bonds. The fourth-order valence-corrected chi connectivity index (χ4v) is 8.02. The Hall–Kier alpha value is -1.28. The summed E-state index contributed by atoms with van der Waals surface area (Å²) in [6.45, 7) is 4.80. The van der Waals surface area contributed by atoms with Crippen LogP contribution < -0.4 is 5.32 Å². The molecule has 9 heteroatoms. The highest BCUT2D eigenvalue weighted by Gasteiger charge is 2.27. The molecular weight excluding hydrogens is 768 g/mol. The summed E-state index contributed by atoms with van der Waals surface area (Å²) >= 11 is 0. The van der Waals surface area contributed by atoms with Crippen LogP contribution in [0.2, 0.25) is 0 Å². The van der Waals surface area contributed by atoms with Gasteiger partial charge in [0, 0.05) is 6.42 Å². The number of quaternary nitrogens is 1. The quantitative estimate of drug-likeness (QED) is 0.0244. The molecule has 0 bridgehead atoms. The smallest absolute Gasteiger partial charge is 0.387 e. The molecule has 0 heterocycles. The number of likely N-dealkylation sites (N-methyl/N-ethyl adjacent to an activating group) is 1. The number of aliphatic hydroxyl groups is 1. The zero-order valence-electron chi connectivity index (χ0n) is 40.2. The molecule has 60 heavy (non-hydrogen) atoms. The number of amides is 1.